The van der Waals surface area contributed by atoms with Crippen LogP contribution in [0.3, 0.4) is 0 Å². The smallest absolute Gasteiger partial charge is 0.269 e. The minimum atomic E-state index is -2.13. The molecule has 0 aliphatic carbocycles. The van der Waals surface area contributed by atoms with Gasteiger partial charge in [-0.3, -0.25) is 9.69 Å². The lowest BCUT2D eigenvalue weighted by Gasteiger charge is -2.44. The molecule has 5 aromatic carbocycles. The normalized spacial score (nSPS) is 16.7. The van der Waals surface area contributed by atoms with E-state index in [1.165, 1.54) is 17.0 Å². The van der Waals surface area contributed by atoms with Gasteiger partial charge in [0.05, 0.1) is 12.8 Å². The quantitative estimate of drug-likeness (QED) is 0.266. The average molecular weight is 516 g/mol. The van der Waals surface area contributed by atoms with Gasteiger partial charge in [0.15, 0.2) is 5.60 Å². The maximum Gasteiger partial charge on any atom is 0.269 e. The minimum Gasteiger partial charge on any atom is -0.497 e. The summed E-state index contributed by atoms with van der Waals surface area (Å²) in [6.45, 7) is 0. The lowest BCUT2D eigenvalue weighted by Crippen LogP contribution is -2.54. The number of rotatable bonds is 6. The summed E-state index contributed by atoms with van der Waals surface area (Å²) in [4.78, 5) is 16.3. The molecule has 1 heterocycles. The second-order valence-corrected chi connectivity index (χ2v) is 9.52. The van der Waals surface area contributed by atoms with Crippen LogP contribution in [0.4, 0.5) is 10.1 Å². The summed E-state index contributed by atoms with van der Waals surface area (Å²) in [5.74, 6) is -0.668. The third kappa shape index (κ3) is 3.58. The number of benzene rings is 5. The molecule has 0 unspecified atom stereocenters. The first kappa shape index (κ1) is 24.6. The molecule has 0 fully saturated rings. The number of hydrogen-bond acceptors (Lipinski definition) is 3. The molecule has 5 heteroatoms. The van der Waals surface area contributed by atoms with Crippen molar-refractivity contribution in [3.8, 4) is 5.75 Å². The Morgan fingerprint density at radius 3 is 1.64 bits per heavy atom. The molecule has 0 spiro atoms. The summed E-state index contributed by atoms with van der Waals surface area (Å²) < 4.78 is 21.3. The van der Waals surface area contributed by atoms with E-state index in [9.17, 15) is 9.90 Å². The Labute approximate surface area is 226 Å². The Balaban J connectivity index is 1.73. The second kappa shape index (κ2) is 9.53. The van der Waals surface area contributed by atoms with Crippen molar-refractivity contribution >= 4 is 11.6 Å². The fraction of sp³-hybridized carbons (Fsp3) is 0.0882. The van der Waals surface area contributed by atoms with E-state index >= 15 is 4.39 Å². The number of halogens is 1. The molecule has 5 aromatic rings. The lowest BCUT2D eigenvalue weighted by atomic mass is 9.75. The van der Waals surface area contributed by atoms with Crippen LogP contribution in [0.15, 0.2) is 133 Å². The van der Waals surface area contributed by atoms with Crippen LogP contribution in [0.5, 0.6) is 5.75 Å². The van der Waals surface area contributed by atoms with Gasteiger partial charge in [0.2, 0.25) is 0 Å². The van der Waals surface area contributed by atoms with E-state index in [1.807, 2.05) is 91.0 Å². The Kier molecular flexibility index (Phi) is 6.01. The topological polar surface area (TPSA) is 49.8 Å². The number of anilines is 1. The van der Waals surface area contributed by atoms with Crippen molar-refractivity contribution in [2.75, 3.05) is 12.0 Å². The van der Waals surface area contributed by atoms with Crippen molar-refractivity contribution in [2.45, 2.75) is 11.1 Å². The Morgan fingerprint density at radius 1 is 0.692 bits per heavy atom. The number of carbonyl (C=O) groups is 1. The fourth-order valence-corrected chi connectivity index (χ4v) is 5.77. The fourth-order valence-electron chi connectivity index (χ4n) is 5.77. The zero-order valence-corrected chi connectivity index (χ0v) is 21.3. The molecule has 192 valence electrons. The van der Waals surface area contributed by atoms with E-state index in [2.05, 4.69) is 0 Å². The summed E-state index contributed by atoms with van der Waals surface area (Å²) in [5, 5.41) is 12.3. The van der Waals surface area contributed by atoms with Crippen LogP contribution in [0.2, 0.25) is 0 Å². The number of methoxy groups -OCH3 is 1. The molecule has 1 amide bonds. The maximum atomic E-state index is 16.0. The highest BCUT2D eigenvalue weighted by atomic mass is 19.1. The van der Waals surface area contributed by atoms with E-state index in [4.69, 9.17) is 4.74 Å². The first-order valence-electron chi connectivity index (χ1n) is 12.7. The van der Waals surface area contributed by atoms with Gasteiger partial charge in [0.25, 0.3) is 5.91 Å². The number of carbonyl (C=O) groups excluding carboxylic acids is 1. The highest BCUT2D eigenvalue weighted by Crippen LogP contribution is 2.54. The van der Waals surface area contributed by atoms with Crippen LogP contribution in [0.25, 0.3) is 0 Å². The predicted molar refractivity (Wildman–Crippen MR) is 149 cm³/mol. The molecule has 0 saturated heterocycles. The first-order chi connectivity index (χ1) is 19.0. The van der Waals surface area contributed by atoms with Gasteiger partial charge in [-0.1, -0.05) is 115 Å². The third-order valence-corrected chi connectivity index (χ3v) is 7.53. The molecule has 0 radical (unpaired) electrons. The highest BCUT2D eigenvalue weighted by molar-refractivity contribution is 6.11. The number of para-hydroxylation sites is 1. The number of amides is 1. The summed E-state index contributed by atoms with van der Waals surface area (Å²) in [6.07, 6.45) is 0. The van der Waals surface area contributed by atoms with Gasteiger partial charge in [-0.2, -0.15) is 0 Å². The monoisotopic (exact) mass is 515 g/mol. The first-order valence-corrected chi connectivity index (χ1v) is 12.7. The average Bonchev–Trinajstić information content (AvgIpc) is 3.24. The van der Waals surface area contributed by atoms with Crippen LogP contribution in [0, 0.1) is 5.82 Å². The molecular formula is C34H26FNO3. The van der Waals surface area contributed by atoms with Crippen molar-refractivity contribution < 1.29 is 19.0 Å². The summed E-state index contributed by atoms with van der Waals surface area (Å²) >= 11 is 0. The van der Waals surface area contributed by atoms with Crippen molar-refractivity contribution in [2.24, 2.45) is 0 Å². The molecular weight excluding hydrogens is 489 g/mol. The summed E-state index contributed by atoms with van der Waals surface area (Å²) in [6, 6.07) is 39.8. The SMILES string of the molecule is COc1ccc([C@]2(O)C(=O)N(C(c3ccccc3)(c3ccccc3)c3ccccc3)c3c(F)cccc32)cc1. The molecule has 6 rings (SSSR count). The van der Waals surface area contributed by atoms with E-state index < -0.39 is 22.9 Å². The van der Waals surface area contributed by atoms with E-state index in [-0.39, 0.29) is 11.3 Å². The summed E-state index contributed by atoms with van der Waals surface area (Å²) in [7, 11) is 1.55. The number of nitrogens with zero attached hydrogens (tertiary/aromatic N) is 1. The Hall–Kier alpha value is -4.74. The van der Waals surface area contributed by atoms with Crippen LogP contribution in [-0.2, 0) is 15.9 Å². The highest BCUT2D eigenvalue weighted by Gasteiger charge is 2.59. The number of aliphatic hydroxyl groups is 1. The zero-order chi connectivity index (χ0) is 27.0. The Bertz CT molecular complexity index is 1530. The van der Waals surface area contributed by atoms with Gasteiger partial charge >= 0.3 is 0 Å². The van der Waals surface area contributed by atoms with Crippen molar-refractivity contribution in [1.29, 1.82) is 0 Å². The van der Waals surface area contributed by atoms with E-state index in [0.29, 0.717) is 11.3 Å². The Morgan fingerprint density at radius 2 is 1.18 bits per heavy atom. The van der Waals surface area contributed by atoms with Gasteiger partial charge in [-0.15, -0.1) is 0 Å². The van der Waals surface area contributed by atoms with E-state index in [1.54, 1.807) is 37.4 Å². The van der Waals surface area contributed by atoms with Gasteiger partial charge < -0.3 is 9.84 Å². The molecule has 1 aliphatic rings. The van der Waals surface area contributed by atoms with Crippen LogP contribution in [-0.4, -0.2) is 18.1 Å². The predicted octanol–water partition coefficient (Wildman–Crippen LogP) is 6.41. The van der Waals surface area contributed by atoms with Crippen molar-refractivity contribution in [3.05, 3.63) is 167 Å². The molecule has 4 nitrogen and oxygen atoms in total. The maximum absolute atomic E-state index is 16.0. The van der Waals surface area contributed by atoms with Gasteiger partial charge in [-0.05, 0) is 40.5 Å². The van der Waals surface area contributed by atoms with Gasteiger partial charge in [0.1, 0.15) is 17.1 Å². The molecule has 1 atom stereocenters. The summed E-state index contributed by atoms with van der Waals surface area (Å²) in [5.41, 5.74) is -0.619. The number of ether oxygens (including phenoxy) is 1. The van der Waals surface area contributed by atoms with Gasteiger partial charge in [-0.25, -0.2) is 4.39 Å². The molecule has 0 bridgehead atoms. The molecule has 1 N–H and O–H groups in total. The second-order valence-electron chi connectivity index (χ2n) is 9.52. The lowest BCUT2D eigenvalue weighted by molar-refractivity contribution is -0.133. The third-order valence-electron chi connectivity index (χ3n) is 7.53. The van der Waals surface area contributed by atoms with Crippen molar-refractivity contribution in [1.82, 2.24) is 0 Å². The van der Waals surface area contributed by atoms with E-state index in [0.717, 1.165) is 16.7 Å². The molecule has 0 saturated carbocycles. The number of fused-ring (bicyclic) bond motifs is 1. The largest absolute Gasteiger partial charge is 0.497 e. The van der Waals surface area contributed by atoms with Crippen molar-refractivity contribution in [3.63, 3.8) is 0 Å². The van der Waals surface area contributed by atoms with Gasteiger partial charge in [0, 0.05) is 5.56 Å². The standard InChI is InChI=1S/C34H26FNO3/c1-39-28-22-20-27(21-23-28)34(38)29-18-11-19-30(35)31(29)36(32(34)37)33(24-12-5-2-6-13-24,25-14-7-3-8-15-25)26-16-9-4-10-17-26/h2-23,38H,1H3/t34-/m1/s1. The minimum absolute atomic E-state index is 0.0392. The molecule has 39 heavy (non-hydrogen) atoms. The zero-order valence-electron chi connectivity index (χ0n) is 21.3. The molecule has 1 aliphatic heterocycles. The van der Waals surface area contributed by atoms with Crippen LogP contribution < -0.4 is 9.64 Å². The number of hydrogen-bond donors (Lipinski definition) is 1. The van der Waals surface area contributed by atoms with Crippen LogP contribution >= 0.6 is 0 Å². The molecule has 0 aromatic heterocycles. The van der Waals surface area contributed by atoms with Crippen LogP contribution in [0.1, 0.15) is 27.8 Å².